The van der Waals surface area contributed by atoms with Crippen LogP contribution in [0.15, 0.2) is 33.4 Å². The molecule has 11 heteroatoms. The van der Waals surface area contributed by atoms with Crippen LogP contribution in [0.2, 0.25) is 10.0 Å². The fourth-order valence-corrected chi connectivity index (χ4v) is 7.06. The standard InChI is InChI=1S/C23H18Cl2N4O3S2/c1-9-5-12(8-28(4)20(9)30)17-10(2)27-29(19(17)21(31)32)23-26-18-14-7-16(25)15(24)6-13(14)11(3)33-22(18)34-23/h5-8,11H,1-4H3,(H,31,32). The summed E-state index contributed by atoms with van der Waals surface area (Å²) >= 11 is 15.6. The van der Waals surface area contributed by atoms with Gasteiger partial charge in [0.25, 0.3) is 5.56 Å². The fraction of sp³-hybridized carbons (Fsp3) is 0.217. The summed E-state index contributed by atoms with van der Waals surface area (Å²) in [5.41, 5.74) is 4.61. The molecule has 1 N–H and O–H groups in total. The largest absolute Gasteiger partial charge is 0.476 e. The Balaban J connectivity index is 1.72. The first-order chi connectivity index (χ1) is 16.1. The van der Waals surface area contributed by atoms with E-state index in [0.29, 0.717) is 37.6 Å². The fourth-order valence-electron chi connectivity index (χ4n) is 4.19. The van der Waals surface area contributed by atoms with Gasteiger partial charge in [0.05, 0.1) is 25.6 Å². The molecule has 1 aromatic carbocycles. The Hall–Kier alpha value is -2.59. The Labute approximate surface area is 213 Å². The molecule has 1 atom stereocenters. The Morgan fingerprint density at radius 2 is 1.88 bits per heavy atom. The number of aromatic nitrogens is 4. The molecule has 1 unspecified atom stereocenters. The molecule has 0 bridgehead atoms. The zero-order chi connectivity index (χ0) is 24.5. The average molecular weight is 533 g/mol. The summed E-state index contributed by atoms with van der Waals surface area (Å²) in [6.45, 7) is 5.53. The minimum Gasteiger partial charge on any atom is -0.476 e. The number of hydrogen-bond acceptors (Lipinski definition) is 6. The van der Waals surface area contributed by atoms with E-state index in [-0.39, 0.29) is 16.5 Å². The highest BCUT2D eigenvalue weighted by Gasteiger charge is 2.31. The van der Waals surface area contributed by atoms with Crippen molar-refractivity contribution in [2.24, 2.45) is 7.05 Å². The van der Waals surface area contributed by atoms with Gasteiger partial charge in [-0.05, 0) is 44.5 Å². The third-order valence-electron chi connectivity index (χ3n) is 5.75. The monoisotopic (exact) mass is 532 g/mol. The lowest BCUT2D eigenvalue weighted by atomic mass is 10.0. The molecule has 0 amide bonds. The van der Waals surface area contributed by atoms with Gasteiger partial charge in [-0.15, -0.1) is 11.8 Å². The predicted molar refractivity (Wildman–Crippen MR) is 136 cm³/mol. The van der Waals surface area contributed by atoms with Gasteiger partial charge in [-0.3, -0.25) is 4.79 Å². The number of carbonyl (C=O) groups is 1. The number of thiazole rings is 1. The number of carboxylic acid groups (broad SMARTS) is 1. The maximum Gasteiger partial charge on any atom is 0.355 e. The first-order valence-electron chi connectivity index (χ1n) is 10.2. The summed E-state index contributed by atoms with van der Waals surface area (Å²) in [5.74, 6) is -1.13. The predicted octanol–water partition coefficient (Wildman–Crippen LogP) is 6.15. The summed E-state index contributed by atoms with van der Waals surface area (Å²) in [6.07, 6.45) is 1.63. The van der Waals surface area contributed by atoms with E-state index in [1.54, 1.807) is 44.9 Å². The zero-order valence-electron chi connectivity index (χ0n) is 18.5. The summed E-state index contributed by atoms with van der Waals surface area (Å²) in [4.78, 5) is 29.4. The van der Waals surface area contributed by atoms with Crippen LogP contribution in [0.3, 0.4) is 0 Å². The number of pyridine rings is 1. The van der Waals surface area contributed by atoms with Crippen LogP contribution in [0.4, 0.5) is 0 Å². The van der Waals surface area contributed by atoms with Crippen LogP contribution in [0, 0.1) is 13.8 Å². The van der Waals surface area contributed by atoms with Gasteiger partial charge >= 0.3 is 5.97 Å². The molecule has 3 aromatic heterocycles. The zero-order valence-corrected chi connectivity index (χ0v) is 21.7. The van der Waals surface area contributed by atoms with Gasteiger partial charge in [-0.1, -0.05) is 34.5 Å². The normalized spacial score (nSPS) is 14.7. The highest BCUT2D eigenvalue weighted by Crippen LogP contribution is 2.53. The van der Waals surface area contributed by atoms with Crippen LogP contribution >= 0.6 is 46.3 Å². The van der Waals surface area contributed by atoms with Gasteiger partial charge in [0.2, 0.25) is 5.13 Å². The number of hydrogen-bond donors (Lipinski definition) is 1. The van der Waals surface area contributed by atoms with Crippen molar-refractivity contribution in [2.45, 2.75) is 30.2 Å². The maximum atomic E-state index is 12.4. The third kappa shape index (κ3) is 3.58. The maximum absolute atomic E-state index is 12.4. The highest BCUT2D eigenvalue weighted by atomic mass is 35.5. The second-order valence-corrected chi connectivity index (χ2v) is 11.5. The molecule has 0 fully saturated rings. The van der Waals surface area contributed by atoms with Gasteiger partial charge in [-0.2, -0.15) is 9.78 Å². The molecule has 0 spiro atoms. The van der Waals surface area contributed by atoms with Gasteiger partial charge < -0.3 is 9.67 Å². The summed E-state index contributed by atoms with van der Waals surface area (Å²) in [5, 5.41) is 16.2. The Kier molecular flexibility index (Phi) is 5.63. The van der Waals surface area contributed by atoms with Crippen molar-refractivity contribution in [2.75, 3.05) is 0 Å². The molecule has 0 radical (unpaired) electrons. The molecule has 0 saturated heterocycles. The summed E-state index contributed by atoms with van der Waals surface area (Å²) in [6, 6.07) is 5.36. The topological polar surface area (TPSA) is 90.0 Å². The molecule has 1 aliphatic rings. The number of thioether (sulfide) groups is 1. The quantitative estimate of drug-likeness (QED) is 0.340. The smallest absolute Gasteiger partial charge is 0.355 e. The Morgan fingerprint density at radius 1 is 1.18 bits per heavy atom. The van der Waals surface area contributed by atoms with Crippen LogP contribution in [-0.2, 0) is 7.05 Å². The lowest BCUT2D eigenvalue weighted by Crippen LogP contribution is -2.18. The van der Waals surface area contributed by atoms with Crippen molar-refractivity contribution in [1.82, 2.24) is 19.3 Å². The van der Waals surface area contributed by atoms with E-state index in [1.807, 2.05) is 12.1 Å². The van der Waals surface area contributed by atoms with Gasteiger partial charge in [0.1, 0.15) is 0 Å². The SMILES string of the molecule is Cc1nn(-c2nc3c(s2)SC(C)c2cc(Cl)c(Cl)cc2-3)c(C(=O)O)c1-c1cc(C)c(=O)n(C)c1. The van der Waals surface area contributed by atoms with Crippen molar-refractivity contribution in [1.29, 1.82) is 0 Å². The van der Waals surface area contributed by atoms with Crippen molar-refractivity contribution < 1.29 is 9.90 Å². The summed E-state index contributed by atoms with van der Waals surface area (Å²) in [7, 11) is 1.64. The molecule has 5 rings (SSSR count). The number of rotatable bonds is 3. The first-order valence-corrected chi connectivity index (χ1v) is 12.7. The number of carboxylic acids is 1. The minimum absolute atomic E-state index is 0.00550. The highest BCUT2D eigenvalue weighted by molar-refractivity contribution is 8.01. The molecule has 4 heterocycles. The molecule has 0 aliphatic carbocycles. The van der Waals surface area contributed by atoms with E-state index in [9.17, 15) is 14.7 Å². The minimum atomic E-state index is -1.13. The molecule has 0 saturated carbocycles. The van der Waals surface area contributed by atoms with Crippen molar-refractivity contribution >= 4 is 52.3 Å². The lowest BCUT2D eigenvalue weighted by Gasteiger charge is -2.21. The molecule has 7 nitrogen and oxygen atoms in total. The lowest BCUT2D eigenvalue weighted by molar-refractivity contribution is 0.0688. The van der Waals surface area contributed by atoms with E-state index >= 15 is 0 Å². The van der Waals surface area contributed by atoms with Crippen molar-refractivity contribution in [3.05, 3.63) is 67.3 Å². The number of aromatic carboxylic acids is 1. The van der Waals surface area contributed by atoms with Crippen molar-refractivity contribution in [3.63, 3.8) is 0 Å². The number of fused-ring (bicyclic) bond motifs is 3. The molecule has 4 aromatic rings. The third-order valence-corrected chi connectivity index (χ3v) is 8.85. The van der Waals surface area contributed by atoms with Gasteiger partial charge in [0, 0.05) is 40.7 Å². The van der Waals surface area contributed by atoms with Gasteiger partial charge in [-0.25, -0.2) is 9.78 Å². The van der Waals surface area contributed by atoms with E-state index in [4.69, 9.17) is 28.2 Å². The molecule has 174 valence electrons. The van der Waals surface area contributed by atoms with Crippen molar-refractivity contribution in [3.8, 4) is 27.5 Å². The second kappa shape index (κ2) is 8.27. The van der Waals surface area contributed by atoms with E-state index in [2.05, 4.69) is 12.0 Å². The van der Waals surface area contributed by atoms with E-state index < -0.39 is 5.97 Å². The van der Waals surface area contributed by atoms with Crippen LogP contribution in [0.1, 0.15) is 39.5 Å². The Bertz CT molecular complexity index is 1550. The molecular formula is C23H18Cl2N4O3S2. The number of aryl methyl sites for hydroxylation is 3. The number of halogens is 2. The van der Waals surface area contributed by atoms with Gasteiger partial charge in [0.15, 0.2) is 5.69 Å². The first kappa shape index (κ1) is 23.2. The van der Waals surface area contributed by atoms with E-state index in [0.717, 1.165) is 21.0 Å². The number of benzene rings is 1. The number of nitrogens with zero attached hydrogens (tertiary/aromatic N) is 4. The van der Waals surface area contributed by atoms with Crippen LogP contribution in [0.25, 0.3) is 27.5 Å². The van der Waals surface area contributed by atoms with Crippen LogP contribution in [-0.4, -0.2) is 30.4 Å². The summed E-state index contributed by atoms with van der Waals surface area (Å²) < 4.78 is 3.77. The van der Waals surface area contributed by atoms with E-state index in [1.165, 1.54) is 20.6 Å². The average Bonchev–Trinajstić information content (AvgIpc) is 3.34. The molecular weight excluding hydrogens is 515 g/mol. The molecule has 34 heavy (non-hydrogen) atoms. The molecule has 1 aliphatic heterocycles. The van der Waals surface area contributed by atoms with Crippen LogP contribution in [0.5, 0.6) is 0 Å². The van der Waals surface area contributed by atoms with Crippen LogP contribution < -0.4 is 5.56 Å². The second-order valence-electron chi connectivity index (χ2n) is 8.10. The Morgan fingerprint density at radius 3 is 2.56 bits per heavy atom.